The Kier molecular flexibility index (Phi) is 3.15. The summed E-state index contributed by atoms with van der Waals surface area (Å²) in [5.74, 6) is -1.13. The molecule has 16 heavy (non-hydrogen) atoms. The molecule has 0 aliphatic heterocycles. The SMILES string of the molecule is CC(C(=O)O)C1=Cc2cccc(Br)c2CC1. The minimum absolute atomic E-state index is 0.382. The lowest BCUT2D eigenvalue weighted by Gasteiger charge is -2.20. The molecule has 1 aromatic carbocycles. The molecule has 1 aliphatic rings. The van der Waals surface area contributed by atoms with Crippen LogP contribution in [-0.4, -0.2) is 11.1 Å². The molecule has 1 N–H and O–H groups in total. The molecular formula is C13H13BrO2. The third-order valence-electron chi connectivity index (χ3n) is 3.09. The molecule has 84 valence electrons. The van der Waals surface area contributed by atoms with Gasteiger partial charge in [0.05, 0.1) is 5.92 Å². The van der Waals surface area contributed by atoms with Crippen LogP contribution in [0.2, 0.25) is 0 Å². The number of fused-ring (bicyclic) bond motifs is 1. The summed E-state index contributed by atoms with van der Waals surface area (Å²) in [6, 6.07) is 6.04. The van der Waals surface area contributed by atoms with E-state index in [4.69, 9.17) is 5.11 Å². The van der Waals surface area contributed by atoms with Gasteiger partial charge in [0, 0.05) is 4.47 Å². The van der Waals surface area contributed by atoms with Gasteiger partial charge in [-0.2, -0.15) is 0 Å². The molecule has 0 spiro atoms. The Morgan fingerprint density at radius 3 is 2.88 bits per heavy atom. The number of hydrogen-bond acceptors (Lipinski definition) is 1. The average Bonchev–Trinajstić information content (AvgIpc) is 2.28. The molecule has 0 radical (unpaired) electrons. The average molecular weight is 281 g/mol. The van der Waals surface area contributed by atoms with Crippen molar-refractivity contribution >= 4 is 28.0 Å². The molecule has 0 fully saturated rings. The highest BCUT2D eigenvalue weighted by Gasteiger charge is 2.20. The van der Waals surface area contributed by atoms with Gasteiger partial charge in [-0.15, -0.1) is 0 Å². The van der Waals surface area contributed by atoms with Crippen LogP contribution in [0.4, 0.5) is 0 Å². The maximum absolute atomic E-state index is 10.9. The van der Waals surface area contributed by atoms with E-state index in [-0.39, 0.29) is 5.92 Å². The molecule has 0 heterocycles. The quantitative estimate of drug-likeness (QED) is 0.900. The van der Waals surface area contributed by atoms with Gasteiger partial charge >= 0.3 is 5.97 Å². The minimum atomic E-state index is -0.746. The van der Waals surface area contributed by atoms with E-state index in [0.29, 0.717) is 0 Å². The second-order valence-corrected chi connectivity index (χ2v) is 4.94. The van der Waals surface area contributed by atoms with Crippen molar-refractivity contribution in [1.29, 1.82) is 0 Å². The van der Waals surface area contributed by atoms with Gasteiger partial charge < -0.3 is 5.11 Å². The van der Waals surface area contributed by atoms with Gasteiger partial charge in [0.15, 0.2) is 0 Å². The van der Waals surface area contributed by atoms with Crippen LogP contribution in [0.5, 0.6) is 0 Å². The Morgan fingerprint density at radius 2 is 2.19 bits per heavy atom. The summed E-state index contributed by atoms with van der Waals surface area (Å²) in [6.45, 7) is 1.75. The van der Waals surface area contributed by atoms with Gasteiger partial charge in [0.25, 0.3) is 0 Å². The van der Waals surface area contributed by atoms with Crippen molar-refractivity contribution in [3.8, 4) is 0 Å². The zero-order valence-electron chi connectivity index (χ0n) is 9.03. The molecule has 0 saturated heterocycles. The lowest BCUT2D eigenvalue weighted by molar-refractivity contribution is -0.139. The van der Waals surface area contributed by atoms with Crippen molar-refractivity contribution in [2.75, 3.05) is 0 Å². The smallest absolute Gasteiger partial charge is 0.310 e. The molecular weight excluding hydrogens is 268 g/mol. The number of carbonyl (C=O) groups is 1. The number of rotatable bonds is 2. The van der Waals surface area contributed by atoms with Gasteiger partial charge in [-0.1, -0.05) is 39.7 Å². The number of aliphatic carboxylic acids is 1. The summed E-state index contributed by atoms with van der Waals surface area (Å²) in [4.78, 5) is 10.9. The highest BCUT2D eigenvalue weighted by Crippen LogP contribution is 2.32. The summed E-state index contributed by atoms with van der Waals surface area (Å²) < 4.78 is 1.11. The first-order chi connectivity index (χ1) is 7.59. The Balaban J connectivity index is 2.39. The maximum Gasteiger partial charge on any atom is 0.310 e. The van der Waals surface area contributed by atoms with Crippen LogP contribution in [0.1, 0.15) is 24.5 Å². The first-order valence-corrected chi connectivity index (χ1v) is 6.09. The van der Waals surface area contributed by atoms with E-state index < -0.39 is 5.97 Å². The van der Waals surface area contributed by atoms with E-state index >= 15 is 0 Å². The summed E-state index contributed by atoms with van der Waals surface area (Å²) in [5.41, 5.74) is 3.44. The predicted octanol–water partition coefficient (Wildman–Crippen LogP) is 3.50. The lowest BCUT2D eigenvalue weighted by Crippen LogP contribution is -2.15. The number of halogens is 1. The summed E-state index contributed by atoms with van der Waals surface area (Å²) in [6.07, 6.45) is 3.77. The fourth-order valence-electron chi connectivity index (χ4n) is 2.02. The van der Waals surface area contributed by atoms with Gasteiger partial charge in [-0.25, -0.2) is 0 Å². The lowest BCUT2D eigenvalue weighted by atomic mass is 9.86. The van der Waals surface area contributed by atoms with Crippen LogP contribution in [0.3, 0.4) is 0 Å². The fourth-order valence-corrected chi connectivity index (χ4v) is 2.60. The number of carboxylic acid groups (broad SMARTS) is 1. The zero-order valence-corrected chi connectivity index (χ0v) is 10.6. The third kappa shape index (κ3) is 2.05. The summed E-state index contributed by atoms with van der Waals surface area (Å²) in [5, 5.41) is 8.99. The predicted molar refractivity (Wildman–Crippen MR) is 67.2 cm³/mol. The van der Waals surface area contributed by atoms with Crippen molar-refractivity contribution in [3.05, 3.63) is 39.4 Å². The van der Waals surface area contributed by atoms with Gasteiger partial charge in [-0.05, 0) is 37.0 Å². The molecule has 2 nitrogen and oxygen atoms in total. The van der Waals surface area contributed by atoms with E-state index in [1.165, 1.54) is 5.56 Å². The Labute approximate surface area is 103 Å². The standard InChI is InChI=1S/C13H13BrO2/c1-8(13(15)16)9-5-6-11-10(7-9)3-2-4-12(11)14/h2-4,7-8H,5-6H2,1H3,(H,15,16). The van der Waals surface area contributed by atoms with Crippen molar-refractivity contribution < 1.29 is 9.90 Å². The molecule has 0 bridgehead atoms. The first kappa shape index (κ1) is 11.4. The van der Waals surface area contributed by atoms with Gasteiger partial charge in [0.2, 0.25) is 0 Å². The zero-order chi connectivity index (χ0) is 11.7. The van der Waals surface area contributed by atoms with Crippen LogP contribution in [-0.2, 0) is 11.2 Å². The van der Waals surface area contributed by atoms with E-state index in [1.807, 2.05) is 24.3 Å². The van der Waals surface area contributed by atoms with E-state index in [2.05, 4.69) is 15.9 Å². The summed E-state index contributed by atoms with van der Waals surface area (Å²) >= 11 is 3.52. The van der Waals surface area contributed by atoms with E-state index in [0.717, 1.165) is 28.5 Å². The largest absolute Gasteiger partial charge is 0.481 e. The van der Waals surface area contributed by atoms with E-state index in [9.17, 15) is 4.79 Å². The van der Waals surface area contributed by atoms with Crippen LogP contribution < -0.4 is 0 Å². The first-order valence-electron chi connectivity index (χ1n) is 5.30. The molecule has 1 unspecified atom stereocenters. The molecule has 1 aromatic rings. The highest BCUT2D eigenvalue weighted by atomic mass is 79.9. The van der Waals surface area contributed by atoms with Crippen molar-refractivity contribution in [1.82, 2.24) is 0 Å². The van der Waals surface area contributed by atoms with Gasteiger partial charge in [0.1, 0.15) is 0 Å². The normalized spacial score (nSPS) is 16.2. The molecule has 0 aromatic heterocycles. The van der Waals surface area contributed by atoms with Crippen LogP contribution >= 0.6 is 15.9 Å². The van der Waals surface area contributed by atoms with Crippen molar-refractivity contribution in [3.63, 3.8) is 0 Å². The molecule has 2 rings (SSSR count). The number of benzene rings is 1. The van der Waals surface area contributed by atoms with Crippen LogP contribution in [0, 0.1) is 5.92 Å². The Morgan fingerprint density at radius 1 is 1.44 bits per heavy atom. The second kappa shape index (κ2) is 4.42. The van der Waals surface area contributed by atoms with Crippen LogP contribution in [0.15, 0.2) is 28.2 Å². The maximum atomic E-state index is 10.9. The molecule has 3 heteroatoms. The van der Waals surface area contributed by atoms with Crippen molar-refractivity contribution in [2.45, 2.75) is 19.8 Å². The molecule has 1 atom stereocenters. The second-order valence-electron chi connectivity index (χ2n) is 4.09. The van der Waals surface area contributed by atoms with Crippen LogP contribution in [0.25, 0.3) is 6.08 Å². The molecule has 0 saturated carbocycles. The van der Waals surface area contributed by atoms with Gasteiger partial charge in [-0.3, -0.25) is 4.79 Å². The molecule has 0 amide bonds. The molecule has 1 aliphatic carbocycles. The Hall–Kier alpha value is -1.09. The topological polar surface area (TPSA) is 37.3 Å². The number of carboxylic acids is 1. The number of hydrogen-bond donors (Lipinski definition) is 1. The third-order valence-corrected chi connectivity index (χ3v) is 3.83. The Bertz CT molecular complexity index is 463. The fraction of sp³-hybridized carbons (Fsp3) is 0.308. The van der Waals surface area contributed by atoms with E-state index in [1.54, 1.807) is 6.92 Å². The monoisotopic (exact) mass is 280 g/mol. The van der Waals surface area contributed by atoms with Crippen molar-refractivity contribution in [2.24, 2.45) is 5.92 Å². The highest BCUT2D eigenvalue weighted by molar-refractivity contribution is 9.10. The summed E-state index contributed by atoms with van der Waals surface area (Å²) in [7, 11) is 0. The minimum Gasteiger partial charge on any atom is -0.481 e.